The molecule has 3 heterocycles. The fraction of sp³-hybridized carbons (Fsp3) is 0.0345. The summed E-state index contributed by atoms with van der Waals surface area (Å²) in [5.41, 5.74) is 4.74. The van der Waals surface area contributed by atoms with E-state index in [0.717, 1.165) is 10.6 Å². The summed E-state index contributed by atoms with van der Waals surface area (Å²) in [6.45, 7) is 1.69. The molecule has 11 heteroatoms. The van der Waals surface area contributed by atoms with Crippen LogP contribution in [0.15, 0.2) is 100 Å². The highest BCUT2D eigenvalue weighted by Gasteiger charge is 2.32. The van der Waals surface area contributed by atoms with E-state index in [-0.39, 0.29) is 28.4 Å². The third kappa shape index (κ3) is 4.56. The minimum Gasteiger partial charge on any atom is -0.302 e. The van der Waals surface area contributed by atoms with Crippen molar-refractivity contribution in [1.29, 1.82) is 0 Å². The first kappa shape index (κ1) is 25.0. The van der Waals surface area contributed by atoms with Gasteiger partial charge in [0.15, 0.2) is 11.5 Å². The molecule has 0 atom stereocenters. The predicted molar refractivity (Wildman–Crippen MR) is 151 cm³/mol. The number of aryl methyl sites for hydroxylation is 1. The Balaban J connectivity index is 1.48. The van der Waals surface area contributed by atoms with Crippen molar-refractivity contribution in [2.24, 2.45) is 4.99 Å². The largest absolute Gasteiger partial charge is 0.314 e. The van der Waals surface area contributed by atoms with Crippen molar-refractivity contribution in [1.82, 2.24) is 30.2 Å². The van der Waals surface area contributed by atoms with E-state index in [2.05, 4.69) is 25.5 Å². The molecular weight excluding hydrogens is 530 g/mol. The summed E-state index contributed by atoms with van der Waals surface area (Å²) < 4.78 is 1.50. The fourth-order valence-corrected chi connectivity index (χ4v) is 4.44. The highest BCUT2D eigenvalue weighted by molar-refractivity contribution is 6.30. The summed E-state index contributed by atoms with van der Waals surface area (Å²) in [7, 11) is 0. The molecule has 2 amide bonds. The Labute approximate surface area is 232 Å². The minimum atomic E-state index is -0.793. The lowest BCUT2D eigenvalue weighted by molar-refractivity contribution is -0.120. The highest BCUT2D eigenvalue weighted by Crippen LogP contribution is 2.21. The van der Waals surface area contributed by atoms with Crippen LogP contribution in [-0.4, -0.2) is 42.4 Å². The van der Waals surface area contributed by atoms with Gasteiger partial charge < -0.3 is 4.98 Å². The maximum atomic E-state index is 13.8. The Kier molecular flexibility index (Phi) is 6.29. The van der Waals surface area contributed by atoms with Crippen LogP contribution < -0.4 is 11.0 Å². The van der Waals surface area contributed by atoms with Crippen molar-refractivity contribution in [3.05, 3.63) is 129 Å². The lowest BCUT2D eigenvalue weighted by Crippen LogP contribution is -2.54. The average molecular weight is 550 g/mol. The van der Waals surface area contributed by atoms with Gasteiger partial charge >= 0.3 is 5.91 Å². The predicted octanol–water partition coefficient (Wildman–Crippen LogP) is 4.05. The van der Waals surface area contributed by atoms with E-state index >= 15 is 0 Å². The van der Waals surface area contributed by atoms with Crippen LogP contribution in [0.1, 0.15) is 27.4 Å². The summed E-state index contributed by atoms with van der Waals surface area (Å²) in [6, 6.07) is 25.0. The second-order valence-corrected chi connectivity index (χ2v) is 9.35. The summed E-state index contributed by atoms with van der Waals surface area (Å²) >= 11 is 6.09. The molecule has 10 nitrogen and oxygen atoms in total. The van der Waals surface area contributed by atoms with Gasteiger partial charge in [-0.05, 0) is 55.0 Å². The summed E-state index contributed by atoms with van der Waals surface area (Å²) in [4.78, 5) is 51.6. The molecule has 1 aliphatic heterocycles. The number of amidine groups is 1. The topological polar surface area (TPSA) is 125 Å². The number of halogens is 1. The number of aromatic nitrogens is 4. The van der Waals surface area contributed by atoms with E-state index in [4.69, 9.17) is 11.6 Å². The summed E-state index contributed by atoms with van der Waals surface area (Å²) in [5, 5.41) is 6.17. The van der Waals surface area contributed by atoms with Gasteiger partial charge in [0.1, 0.15) is 11.1 Å². The van der Waals surface area contributed by atoms with Crippen molar-refractivity contribution in [2.75, 3.05) is 0 Å². The standard InChI is InChI=1S/C29H20ClN7O3/c1-17-23-26(36(34-17)21-10-6-3-7-11-21)32-24(33-28(23)39)29(40)37-25(19-12-14-20(30)15-13-19)31-22(27(38)35-37)16-18-8-4-2-5-9-18/h2-16H,1H3,(H,35,38)(H,32,33,39)/b22-16-. The van der Waals surface area contributed by atoms with E-state index in [9.17, 15) is 14.4 Å². The lowest BCUT2D eigenvalue weighted by atomic mass is 10.1. The maximum Gasteiger partial charge on any atom is 0.314 e. The molecule has 0 fully saturated rings. The first-order valence-electron chi connectivity index (χ1n) is 12.2. The van der Waals surface area contributed by atoms with Gasteiger partial charge in [0.2, 0.25) is 5.82 Å². The van der Waals surface area contributed by atoms with Crippen LogP contribution >= 0.6 is 11.6 Å². The molecule has 0 radical (unpaired) electrons. The van der Waals surface area contributed by atoms with Crippen LogP contribution in [0.2, 0.25) is 5.02 Å². The fourth-order valence-electron chi connectivity index (χ4n) is 4.32. The number of rotatable bonds is 4. The van der Waals surface area contributed by atoms with Gasteiger partial charge in [0.25, 0.3) is 11.5 Å². The Morgan fingerprint density at radius 2 is 1.60 bits per heavy atom. The molecular formula is C29H20ClN7O3. The van der Waals surface area contributed by atoms with Crippen LogP contribution in [-0.2, 0) is 4.79 Å². The molecule has 6 rings (SSSR count). The number of hydrogen-bond donors (Lipinski definition) is 2. The van der Waals surface area contributed by atoms with E-state index in [1.807, 2.05) is 60.7 Å². The van der Waals surface area contributed by atoms with Crippen molar-refractivity contribution in [3.63, 3.8) is 0 Å². The van der Waals surface area contributed by atoms with Crippen molar-refractivity contribution in [3.8, 4) is 5.69 Å². The molecule has 0 unspecified atom stereocenters. The van der Waals surface area contributed by atoms with Crippen LogP contribution in [0, 0.1) is 6.92 Å². The molecule has 1 aliphatic rings. The number of fused-ring (bicyclic) bond motifs is 1. The Morgan fingerprint density at radius 1 is 0.925 bits per heavy atom. The molecule has 3 aromatic carbocycles. The van der Waals surface area contributed by atoms with E-state index in [0.29, 0.717) is 22.0 Å². The molecule has 5 aromatic rings. The van der Waals surface area contributed by atoms with Crippen LogP contribution in [0.3, 0.4) is 0 Å². The number of hydrazine groups is 1. The third-order valence-corrected chi connectivity index (χ3v) is 6.46. The van der Waals surface area contributed by atoms with E-state index in [1.54, 1.807) is 37.3 Å². The molecule has 0 spiro atoms. The molecule has 0 saturated carbocycles. The van der Waals surface area contributed by atoms with Crippen LogP contribution in [0.5, 0.6) is 0 Å². The van der Waals surface area contributed by atoms with Gasteiger partial charge in [-0.1, -0.05) is 60.1 Å². The second-order valence-electron chi connectivity index (χ2n) is 8.91. The van der Waals surface area contributed by atoms with Crippen molar-refractivity contribution < 1.29 is 9.59 Å². The quantitative estimate of drug-likeness (QED) is 0.327. The van der Waals surface area contributed by atoms with Crippen molar-refractivity contribution in [2.45, 2.75) is 6.92 Å². The van der Waals surface area contributed by atoms with E-state index in [1.165, 1.54) is 4.68 Å². The molecule has 0 aliphatic carbocycles. The van der Waals surface area contributed by atoms with Gasteiger partial charge in [-0.25, -0.2) is 14.7 Å². The Bertz CT molecular complexity index is 1890. The number of nitrogens with zero attached hydrogens (tertiary/aromatic N) is 5. The van der Waals surface area contributed by atoms with Gasteiger partial charge in [-0.3, -0.25) is 19.8 Å². The first-order chi connectivity index (χ1) is 19.4. The average Bonchev–Trinajstić information content (AvgIpc) is 3.31. The normalized spacial score (nSPS) is 14.3. The molecule has 0 bridgehead atoms. The van der Waals surface area contributed by atoms with Gasteiger partial charge in [-0.15, -0.1) is 0 Å². The maximum absolute atomic E-state index is 13.8. The number of aromatic amines is 1. The van der Waals surface area contributed by atoms with Gasteiger partial charge in [0, 0.05) is 10.6 Å². The first-order valence-corrected chi connectivity index (χ1v) is 12.6. The summed E-state index contributed by atoms with van der Waals surface area (Å²) in [6.07, 6.45) is 1.61. The zero-order chi connectivity index (χ0) is 27.8. The third-order valence-electron chi connectivity index (χ3n) is 6.21. The molecule has 2 aromatic heterocycles. The number of carbonyl (C=O) groups is 2. The number of carbonyl (C=O) groups excluding carboxylic acids is 2. The number of hydrogen-bond acceptors (Lipinski definition) is 6. The number of aliphatic imine (C=N–C) groups is 1. The lowest BCUT2D eigenvalue weighted by Gasteiger charge is -2.28. The minimum absolute atomic E-state index is 0.0925. The number of benzene rings is 3. The SMILES string of the molecule is Cc1nn(-c2ccccc2)c2nc(C(=O)N3NC(=O)/C(=C/c4ccccc4)N=C3c3ccc(Cl)cc3)[nH]c(=O)c12. The van der Waals surface area contributed by atoms with Crippen LogP contribution in [0.4, 0.5) is 0 Å². The van der Waals surface area contributed by atoms with Crippen molar-refractivity contribution >= 4 is 46.4 Å². The number of amides is 2. The number of nitrogens with one attached hydrogen (secondary N) is 2. The van der Waals surface area contributed by atoms with Gasteiger partial charge in [0.05, 0.1) is 11.4 Å². The van der Waals surface area contributed by atoms with E-state index < -0.39 is 17.4 Å². The highest BCUT2D eigenvalue weighted by atomic mass is 35.5. The molecule has 196 valence electrons. The zero-order valence-corrected chi connectivity index (χ0v) is 21.8. The Morgan fingerprint density at radius 3 is 2.30 bits per heavy atom. The Hall–Kier alpha value is -5.35. The monoisotopic (exact) mass is 549 g/mol. The number of para-hydroxylation sites is 1. The van der Waals surface area contributed by atoms with Crippen LogP contribution in [0.25, 0.3) is 22.8 Å². The molecule has 2 N–H and O–H groups in total. The molecule has 40 heavy (non-hydrogen) atoms. The smallest absolute Gasteiger partial charge is 0.302 e. The van der Waals surface area contributed by atoms with Gasteiger partial charge in [-0.2, -0.15) is 10.1 Å². The zero-order valence-electron chi connectivity index (χ0n) is 21.0. The molecule has 0 saturated heterocycles. The summed E-state index contributed by atoms with van der Waals surface area (Å²) in [5.74, 6) is -1.58. The second kappa shape index (κ2) is 10.1. The number of H-pyrrole nitrogens is 1.